The number of hydrogen-bond acceptors (Lipinski definition) is 8. The van der Waals surface area contributed by atoms with Crippen LogP contribution in [0.2, 0.25) is 0 Å². The van der Waals surface area contributed by atoms with Gasteiger partial charge in [0.25, 0.3) is 0 Å². The Balaban J connectivity index is 0.000000223. The van der Waals surface area contributed by atoms with Gasteiger partial charge >= 0.3 is 19.5 Å². The van der Waals surface area contributed by atoms with Crippen LogP contribution in [0.3, 0.4) is 0 Å². The molecule has 9 heteroatoms. The Kier molecular flexibility index (Phi) is 15.1. The van der Waals surface area contributed by atoms with Crippen molar-refractivity contribution in [1.82, 2.24) is 24.9 Å². The van der Waals surface area contributed by atoms with Gasteiger partial charge in [0, 0.05) is 24.8 Å². The number of thioether (sulfide) groups is 1. The molecule has 0 radical (unpaired) electrons. The van der Waals surface area contributed by atoms with Crippen LogP contribution in [0.1, 0.15) is 13.3 Å². The van der Waals surface area contributed by atoms with Crippen LogP contribution >= 0.6 is 11.8 Å². The number of aromatic nitrogens is 5. The molecule has 5 rings (SSSR count). The summed E-state index contributed by atoms with van der Waals surface area (Å²) >= 11 is 1.72. The van der Waals surface area contributed by atoms with E-state index in [-0.39, 0.29) is 31.3 Å². The predicted octanol–water partition coefficient (Wildman–Crippen LogP) is 6.00. The van der Waals surface area contributed by atoms with Crippen molar-refractivity contribution >= 4 is 17.5 Å². The summed E-state index contributed by atoms with van der Waals surface area (Å²) in [6, 6.07) is 28.8. The summed E-state index contributed by atoms with van der Waals surface area (Å²) in [5, 5.41) is 0. The van der Waals surface area contributed by atoms with Gasteiger partial charge in [0.05, 0.1) is 40.2 Å². The van der Waals surface area contributed by atoms with Gasteiger partial charge in [-0.15, -0.1) is 0 Å². The molecule has 0 spiro atoms. The Labute approximate surface area is 252 Å². The van der Waals surface area contributed by atoms with E-state index in [0.29, 0.717) is 0 Å². The average molecular weight is 638 g/mol. The number of ketones is 1. The van der Waals surface area contributed by atoms with E-state index in [9.17, 15) is 4.79 Å². The van der Waals surface area contributed by atoms with Crippen LogP contribution in [-0.2, 0) is 24.3 Å². The minimum absolute atomic E-state index is 0. The van der Waals surface area contributed by atoms with Gasteiger partial charge in [0.2, 0.25) is 0 Å². The molecule has 0 fully saturated rings. The van der Waals surface area contributed by atoms with Crippen molar-refractivity contribution in [2.45, 2.75) is 19.4 Å². The second kappa shape index (κ2) is 18.6. The second-order valence-electron chi connectivity index (χ2n) is 8.27. The van der Waals surface area contributed by atoms with Crippen molar-refractivity contribution in [3.63, 3.8) is 0 Å². The molecule has 2 N–H and O–H groups in total. The number of rotatable bonds is 7. The van der Waals surface area contributed by atoms with E-state index >= 15 is 0 Å². The number of pyridine rings is 5. The minimum atomic E-state index is -0.238. The van der Waals surface area contributed by atoms with E-state index in [2.05, 4.69) is 24.9 Å². The van der Waals surface area contributed by atoms with Gasteiger partial charge in [-0.3, -0.25) is 24.7 Å². The fourth-order valence-corrected chi connectivity index (χ4v) is 3.71. The first kappa shape index (κ1) is 32.6. The SMILES string of the molecule is CSCCC(N)C(C)=O.[Ru+2].c1ccc(-c2cccc(-c3ccccn3)n2)nc1.c1ccc(-c2ccccn2)nc1. The van der Waals surface area contributed by atoms with Crippen LogP contribution in [0.4, 0.5) is 0 Å². The molecule has 5 aromatic rings. The van der Waals surface area contributed by atoms with E-state index < -0.39 is 0 Å². The van der Waals surface area contributed by atoms with Crippen LogP contribution in [0.25, 0.3) is 34.2 Å². The third-order valence-corrected chi connectivity index (χ3v) is 6.00. The zero-order chi connectivity index (χ0) is 27.7. The third-order valence-electron chi connectivity index (χ3n) is 5.35. The van der Waals surface area contributed by atoms with Crippen molar-refractivity contribution in [1.29, 1.82) is 0 Å². The first-order valence-corrected chi connectivity index (χ1v) is 13.8. The molecule has 204 valence electrons. The standard InChI is InChI=1S/C15H11N3.C10H8N2.C6H13NOS.Ru/c1-3-10-16-12(6-1)14-8-5-9-15(18-14)13-7-2-4-11-17-13;1-3-7-11-9(5-1)10-6-2-4-8-12-10;1-5(8)6(7)3-4-9-2;/h1-11H;1-8H;6H,3-4,7H2,1-2H3;/q;;;+2. The van der Waals surface area contributed by atoms with Crippen LogP contribution < -0.4 is 5.73 Å². The number of nitrogens with two attached hydrogens (primary N) is 1. The summed E-state index contributed by atoms with van der Waals surface area (Å²) in [6.45, 7) is 1.53. The quantitative estimate of drug-likeness (QED) is 0.217. The Bertz CT molecular complexity index is 1290. The molecular formula is C31H32N6ORuS+2. The van der Waals surface area contributed by atoms with Crippen LogP contribution in [0, 0.1) is 0 Å². The fraction of sp³-hybridized carbons (Fsp3) is 0.161. The Morgan fingerprint density at radius 1 is 0.650 bits per heavy atom. The fourth-order valence-electron chi connectivity index (χ4n) is 3.23. The van der Waals surface area contributed by atoms with Crippen LogP contribution in [0.5, 0.6) is 0 Å². The van der Waals surface area contributed by atoms with Crippen LogP contribution in [0.15, 0.2) is 116 Å². The number of nitrogens with zero attached hydrogens (tertiary/aromatic N) is 5. The molecule has 0 aliphatic heterocycles. The van der Waals surface area contributed by atoms with E-state index in [1.807, 2.05) is 97.3 Å². The van der Waals surface area contributed by atoms with Crippen molar-refractivity contribution < 1.29 is 24.3 Å². The summed E-state index contributed by atoms with van der Waals surface area (Å²) in [5.41, 5.74) is 10.7. The van der Waals surface area contributed by atoms with Gasteiger partial charge in [-0.25, -0.2) is 4.98 Å². The zero-order valence-corrected chi connectivity index (χ0v) is 25.0. The van der Waals surface area contributed by atoms with Crippen molar-refractivity contribution in [3.8, 4) is 34.2 Å². The van der Waals surface area contributed by atoms with Crippen molar-refractivity contribution in [2.75, 3.05) is 12.0 Å². The molecule has 1 atom stereocenters. The van der Waals surface area contributed by atoms with Gasteiger partial charge in [-0.2, -0.15) is 11.8 Å². The number of carbonyl (C=O) groups excluding carboxylic acids is 1. The first-order valence-electron chi connectivity index (χ1n) is 12.5. The van der Waals surface area contributed by atoms with E-state index in [1.165, 1.54) is 6.92 Å². The Morgan fingerprint density at radius 2 is 1.00 bits per heavy atom. The maximum atomic E-state index is 10.5. The van der Waals surface area contributed by atoms with Gasteiger partial charge in [0.1, 0.15) is 5.78 Å². The van der Waals surface area contributed by atoms with E-state index in [1.54, 1.807) is 36.5 Å². The molecule has 7 nitrogen and oxygen atoms in total. The molecule has 0 saturated heterocycles. The van der Waals surface area contributed by atoms with Crippen molar-refractivity contribution in [3.05, 3.63) is 116 Å². The van der Waals surface area contributed by atoms with Crippen molar-refractivity contribution in [2.24, 2.45) is 5.73 Å². The van der Waals surface area contributed by atoms with Gasteiger partial charge < -0.3 is 5.73 Å². The number of Topliss-reactive ketones (excluding diaryl/α,β-unsaturated/α-hetero) is 1. The summed E-state index contributed by atoms with van der Waals surface area (Å²) in [4.78, 5) is 32.1. The van der Waals surface area contributed by atoms with Gasteiger partial charge in [-0.05, 0) is 86.0 Å². The molecule has 40 heavy (non-hydrogen) atoms. The molecule has 0 aromatic carbocycles. The topological polar surface area (TPSA) is 108 Å². The smallest absolute Gasteiger partial charge is 0.321 e. The van der Waals surface area contributed by atoms with Gasteiger partial charge in [0.15, 0.2) is 0 Å². The number of hydrogen-bond donors (Lipinski definition) is 1. The third kappa shape index (κ3) is 11.2. The van der Waals surface area contributed by atoms with E-state index in [0.717, 1.165) is 46.3 Å². The van der Waals surface area contributed by atoms with Crippen LogP contribution in [-0.4, -0.2) is 48.8 Å². The summed E-state index contributed by atoms with van der Waals surface area (Å²) in [5.74, 6) is 1.06. The number of carbonyl (C=O) groups is 1. The Hall–Kier alpha value is -3.65. The predicted molar refractivity (Wildman–Crippen MR) is 160 cm³/mol. The van der Waals surface area contributed by atoms with Gasteiger partial charge in [-0.1, -0.05) is 30.3 Å². The normalized spacial score (nSPS) is 10.5. The molecule has 1 unspecified atom stereocenters. The first-order chi connectivity index (χ1) is 19.1. The van der Waals surface area contributed by atoms with E-state index in [4.69, 9.17) is 5.73 Å². The molecule has 0 bridgehead atoms. The zero-order valence-electron chi connectivity index (χ0n) is 22.4. The largest absolute Gasteiger partial charge is 2.00 e. The molecule has 0 saturated carbocycles. The Morgan fingerprint density at radius 3 is 1.30 bits per heavy atom. The molecule has 0 amide bonds. The maximum Gasteiger partial charge on any atom is 2.00 e. The second-order valence-corrected chi connectivity index (χ2v) is 9.25. The molecule has 0 aliphatic carbocycles. The molecule has 5 aromatic heterocycles. The average Bonchev–Trinajstić information content (AvgIpc) is 3.02. The summed E-state index contributed by atoms with van der Waals surface area (Å²) in [7, 11) is 0. The molecule has 5 heterocycles. The maximum absolute atomic E-state index is 10.5. The molecule has 0 aliphatic rings. The summed E-state index contributed by atoms with van der Waals surface area (Å²) < 4.78 is 0. The molecular weight excluding hydrogens is 606 g/mol. The summed E-state index contributed by atoms with van der Waals surface area (Å²) in [6.07, 6.45) is 9.88. The minimum Gasteiger partial charge on any atom is -0.321 e. The monoisotopic (exact) mass is 638 g/mol.